The van der Waals surface area contributed by atoms with Crippen LogP contribution in [0, 0.1) is 0 Å². The molecule has 0 aliphatic heterocycles. The zero-order chi connectivity index (χ0) is 17.3. The van der Waals surface area contributed by atoms with Gasteiger partial charge in [-0.2, -0.15) is 10.1 Å². The van der Waals surface area contributed by atoms with E-state index in [1.165, 1.54) is 0 Å². The van der Waals surface area contributed by atoms with Gasteiger partial charge in [0.05, 0.1) is 11.7 Å². The highest BCUT2D eigenvalue weighted by atomic mass is 16.5. The second-order valence-corrected chi connectivity index (χ2v) is 5.80. The average molecular weight is 344 g/mol. The number of aromatic amines is 1. The van der Waals surface area contributed by atoms with Crippen molar-refractivity contribution < 1.29 is 9.05 Å². The van der Waals surface area contributed by atoms with Crippen LogP contribution < -0.4 is 0 Å². The summed E-state index contributed by atoms with van der Waals surface area (Å²) < 4.78 is 10.6. The van der Waals surface area contributed by atoms with E-state index in [0.29, 0.717) is 29.6 Å². The lowest BCUT2D eigenvalue weighted by molar-refractivity contribution is 0.383. The second-order valence-electron chi connectivity index (χ2n) is 5.80. The van der Waals surface area contributed by atoms with Crippen LogP contribution in [0.1, 0.15) is 11.4 Å². The van der Waals surface area contributed by atoms with Gasteiger partial charge in [0.15, 0.2) is 5.82 Å². The van der Waals surface area contributed by atoms with Gasteiger partial charge < -0.3 is 9.05 Å². The molecule has 5 aromatic rings. The Labute approximate surface area is 146 Å². The van der Waals surface area contributed by atoms with Crippen molar-refractivity contribution in [1.29, 1.82) is 0 Å². The predicted molar refractivity (Wildman–Crippen MR) is 91.9 cm³/mol. The maximum atomic E-state index is 5.33. The van der Waals surface area contributed by atoms with E-state index in [-0.39, 0.29) is 0 Å². The smallest absolute Gasteiger partial charge is 0.296 e. The van der Waals surface area contributed by atoms with E-state index in [0.717, 1.165) is 22.0 Å². The summed E-state index contributed by atoms with van der Waals surface area (Å²) in [5.74, 6) is 1.29. The minimum Gasteiger partial charge on any atom is -0.350 e. The molecule has 0 fully saturated rings. The van der Waals surface area contributed by atoms with E-state index < -0.39 is 0 Å². The van der Waals surface area contributed by atoms with E-state index in [4.69, 9.17) is 9.05 Å². The summed E-state index contributed by atoms with van der Waals surface area (Å²) >= 11 is 0. The van der Waals surface area contributed by atoms with Gasteiger partial charge in [-0.3, -0.25) is 10.1 Å². The molecule has 0 unspecified atom stereocenters. The lowest BCUT2D eigenvalue weighted by atomic mass is 10.1. The third-order valence-corrected chi connectivity index (χ3v) is 4.01. The summed E-state index contributed by atoms with van der Waals surface area (Å²) in [6.45, 7) is 0. The van der Waals surface area contributed by atoms with Crippen molar-refractivity contribution in [2.45, 2.75) is 6.42 Å². The van der Waals surface area contributed by atoms with Crippen molar-refractivity contribution >= 4 is 10.9 Å². The number of fused-ring (bicyclic) bond motifs is 1. The zero-order valence-electron chi connectivity index (χ0n) is 13.5. The fraction of sp³-hybridized carbons (Fsp3) is 0.0556. The molecule has 8 nitrogen and oxygen atoms in total. The summed E-state index contributed by atoms with van der Waals surface area (Å²) in [6.07, 6.45) is 5.76. The third-order valence-electron chi connectivity index (χ3n) is 4.01. The Bertz CT molecular complexity index is 1170. The fourth-order valence-corrected chi connectivity index (χ4v) is 2.74. The molecule has 0 atom stereocenters. The summed E-state index contributed by atoms with van der Waals surface area (Å²) in [5, 5.41) is 16.1. The molecule has 0 radical (unpaired) electrons. The van der Waals surface area contributed by atoms with Crippen LogP contribution in [0.25, 0.3) is 33.8 Å². The maximum absolute atomic E-state index is 5.33. The van der Waals surface area contributed by atoms with Crippen LogP contribution in [0.2, 0.25) is 0 Å². The summed E-state index contributed by atoms with van der Waals surface area (Å²) in [6, 6.07) is 11.5. The van der Waals surface area contributed by atoms with Crippen LogP contribution in [-0.4, -0.2) is 30.5 Å². The number of hydrogen-bond acceptors (Lipinski definition) is 7. The number of benzene rings is 1. The number of pyridine rings is 1. The first-order valence-electron chi connectivity index (χ1n) is 7.97. The summed E-state index contributed by atoms with van der Waals surface area (Å²) in [7, 11) is 0. The lowest BCUT2D eigenvalue weighted by Gasteiger charge is -1.96. The zero-order valence-corrected chi connectivity index (χ0v) is 13.5. The molecule has 0 saturated heterocycles. The minimum atomic E-state index is 0.298. The number of aromatic nitrogens is 6. The molecule has 0 amide bonds. The van der Waals surface area contributed by atoms with Gasteiger partial charge >= 0.3 is 0 Å². The Kier molecular flexibility index (Phi) is 3.31. The monoisotopic (exact) mass is 344 g/mol. The minimum absolute atomic E-state index is 0.298. The highest BCUT2D eigenvalue weighted by molar-refractivity contribution is 5.78. The lowest BCUT2D eigenvalue weighted by Crippen LogP contribution is -1.90. The molecule has 0 aliphatic rings. The molecule has 1 N–H and O–H groups in total. The Morgan fingerprint density at radius 2 is 2.00 bits per heavy atom. The largest absolute Gasteiger partial charge is 0.350 e. The Balaban J connectivity index is 1.39. The highest BCUT2D eigenvalue weighted by Gasteiger charge is 2.16. The van der Waals surface area contributed by atoms with Crippen LogP contribution in [0.3, 0.4) is 0 Å². The topological polar surface area (TPSA) is 107 Å². The third kappa shape index (κ3) is 2.63. The molecular weight excluding hydrogens is 332 g/mol. The first-order chi connectivity index (χ1) is 12.8. The van der Waals surface area contributed by atoms with Gasteiger partial charge in [-0.15, -0.1) is 0 Å². The molecular formula is C18H12N6O2. The van der Waals surface area contributed by atoms with Crippen LogP contribution in [0.5, 0.6) is 0 Å². The van der Waals surface area contributed by atoms with E-state index in [1.54, 1.807) is 24.7 Å². The van der Waals surface area contributed by atoms with Gasteiger partial charge in [-0.25, -0.2) is 0 Å². The Morgan fingerprint density at radius 3 is 2.92 bits per heavy atom. The van der Waals surface area contributed by atoms with Gasteiger partial charge in [0.1, 0.15) is 5.69 Å². The van der Waals surface area contributed by atoms with Gasteiger partial charge in [-0.05, 0) is 29.8 Å². The number of hydrogen-bond donors (Lipinski definition) is 1. The van der Waals surface area contributed by atoms with Crippen molar-refractivity contribution in [2.75, 3.05) is 0 Å². The van der Waals surface area contributed by atoms with Gasteiger partial charge in [-0.1, -0.05) is 16.4 Å². The van der Waals surface area contributed by atoms with Gasteiger partial charge in [0.2, 0.25) is 5.76 Å². The standard InChI is InChI=1S/C18H12N6O2/c1-2-12(9-19-5-1)15-8-16(25-23-15)18-21-17(24-26-18)7-11-3-4-14-13(6-11)10-20-22-14/h1-6,8-10H,7H2,(H,20,22). The molecule has 0 saturated carbocycles. The van der Waals surface area contributed by atoms with Crippen LogP contribution >= 0.6 is 0 Å². The predicted octanol–water partition coefficient (Wildman–Crippen LogP) is 3.25. The van der Waals surface area contributed by atoms with Gasteiger partial charge in [0, 0.05) is 35.8 Å². The molecule has 8 heteroatoms. The Morgan fingerprint density at radius 1 is 1.00 bits per heavy atom. The first-order valence-corrected chi connectivity index (χ1v) is 7.97. The SMILES string of the molecule is c1cncc(-c2cc(-c3nc(Cc4ccc5[nH]ncc5c4)no3)on2)c1. The molecule has 26 heavy (non-hydrogen) atoms. The van der Waals surface area contributed by atoms with Crippen molar-refractivity contribution in [1.82, 2.24) is 30.5 Å². The van der Waals surface area contributed by atoms with Gasteiger partial charge in [0.25, 0.3) is 5.89 Å². The van der Waals surface area contributed by atoms with Crippen LogP contribution in [-0.2, 0) is 6.42 Å². The normalized spacial score (nSPS) is 11.2. The van der Waals surface area contributed by atoms with Crippen molar-refractivity contribution in [3.63, 3.8) is 0 Å². The van der Waals surface area contributed by atoms with E-state index in [2.05, 4.69) is 30.5 Å². The highest BCUT2D eigenvalue weighted by Crippen LogP contribution is 2.25. The second kappa shape index (κ2) is 5.92. The number of H-pyrrole nitrogens is 1. The van der Waals surface area contributed by atoms with Crippen LogP contribution in [0.4, 0.5) is 0 Å². The van der Waals surface area contributed by atoms with E-state index in [9.17, 15) is 0 Å². The quantitative estimate of drug-likeness (QED) is 0.533. The fourth-order valence-electron chi connectivity index (χ4n) is 2.74. The number of nitrogens with one attached hydrogen (secondary N) is 1. The van der Waals surface area contributed by atoms with E-state index >= 15 is 0 Å². The van der Waals surface area contributed by atoms with Crippen LogP contribution in [0.15, 0.2) is 64.0 Å². The van der Waals surface area contributed by atoms with Crippen molar-refractivity contribution in [3.05, 3.63) is 66.4 Å². The Hall–Kier alpha value is -3.81. The molecule has 4 aromatic heterocycles. The van der Waals surface area contributed by atoms with Crippen molar-refractivity contribution in [2.24, 2.45) is 0 Å². The number of rotatable bonds is 4. The number of nitrogens with zero attached hydrogens (tertiary/aromatic N) is 5. The molecule has 1 aromatic carbocycles. The molecule has 4 heterocycles. The summed E-state index contributed by atoms with van der Waals surface area (Å²) in [4.78, 5) is 8.47. The first kappa shape index (κ1) is 14.5. The molecule has 0 bridgehead atoms. The molecule has 0 spiro atoms. The van der Waals surface area contributed by atoms with Crippen molar-refractivity contribution in [3.8, 4) is 22.9 Å². The molecule has 126 valence electrons. The molecule has 0 aliphatic carbocycles. The summed E-state index contributed by atoms with van der Waals surface area (Å²) in [5.41, 5.74) is 3.58. The molecule has 5 rings (SSSR count). The maximum Gasteiger partial charge on any atom is 0.296 e. The van der Waals surface area contributed by atoms with E-state index in [1.807, 2.05) is 30.3 Å². The average Bonchev–Trinajstić information content (AvgIpc) is 3.42.